The Morgan fingerprint density at radius 1 is 1.00 bits per heavy atom. The van der Waals surface area contributed by atoms with E-state index in [9.17, 15) is 9.59 Å². The number of hydrogen-bond acceptors (Lipinski definition) is 6. The van der Waals surface area contributed by atoms with Gasteiger partial charge in [0.05, 0.1) is 0 Å². The predicted molar refractivity (Wildman–Crippen MR) is 36.4 cm³/mol. The van der Waals surface area contributed by atoms with Crippen LogP contribution in [0.5, 0.6) is 0 Å². The van der Waals surface area contributed by atoms with Gasteiger partial charge in [0.1, 0.15) is 0 Å². The summed E-state index contributed by atoms with van der Waals surface area (Å²) in [6.45, 7) is 0. The van der Waals surface area contributed by atoms with E-state index in [2.05, 4.69) is 10.2 Å². The van der Waals surface area contributed by atoms with Gasteiger partial charge in [0, 0.05) is 0 Å². The van der Waals surface area contributed by atoms with Crippen LogP contribution in [-0.4, -0.2) is 33.8 Å². The molecule has 0 aromatic carbocycles. The molecule has 13 heavy (non-hydrogen) atoms. The molecule has 64 valence electrons. The molecule has 9 heteroatoms. The molecule has 0 aliphatic carbocycles. The van der Waals surface area contributed by atoms with Crippen molar-refractivity contribution in [3.63, 3.8) is 0 Å². The third-order valence-corrected chi connectivity index (χ3v) is 0.952. The van der Waals surface area contributed by atoms with Crippen molar-refractivity contribution in [2.45, 2.75) is 0 Å². The number of rotatable bonds is 2. The monoisotopic (exact) mass is 211 g/mol. The van der Waals surface area contributed by atoms with Crippen molar-refractivity contribution in [2.75, 3.05) is 0 Å². The maximum atomic E-state index is 10.2. The van der Waals surface area contributed by atoms with E-state index in [1.165, 1.54) is 0 Å². The van der Waals surface area contributed by atoms with Crippen LogP contribution in [0.3, 0.4) is 0 Å². The Labute approximate surface area is 114 Å². The van der Waals surface area contributed by atoms with Crippen LogP contribution in [0.2, 0.25) is 0 Å². The number of aliphatic carboxylic acids is 2. The van der Waals surface area contributed by atoms with Gasteiger partial charge in [0.15, 0.2) is 0 Å². The number of hydrogen-bond donors (Lipinski definition) is 4. The third kappa shape index (κ3) is 3.40. The van der Waals surface area contributed by atoms with Crippen molar-refractivity contribution in [1.29, 1.82) is 0 Å². The Bertz CT molecular complexity index is 269. The molecule has 1 rings (SSSR count). The third-order valence-electron chi connectivity index (χ3n) is 0.952. The van der Waals surface area contributed by atoms with Crippen LogP contribution in [0.25, 0.3) is 0 Å². The van der Waals surface area contributed by atoms with Gasteiger partial charge in [-0.25, -0.2) is 9.59 Å². The molecule has 1 heterocycles. The van der Waals surface area contributed by atoms with Gasteiger partial charge in [-0.1, -0.05) is 0 Å². The summed E-state index contributed by atoms with van der Waals surface area (Å²) in [7, 11) is 0. The zero-order valence-electron chi connectivity index (χ0n) is 6.61. The first-order valence-electron chi connectivity index (χ1n) is 2.75. The fourth-order valence-corrected chi connectivity index (χ4v) is 0.459. The molecule has 0 radical (unpaired) electrons. The van der Waals surface area contributed by atoms with Gasteiger partial charge in [-0.05, 0) is 0 Å². The molecule has 0 atom stereocenters. The minimum atomic E-state index is -1.32. The number of nitrogens with one attached hydrogen (secondary N) is 2. The summed E-state index contributed by atoms with van der Waals surface area (Å²) >= 11 is 0. The molecule has 0 fully saturated rings. The van der Waals surface area contributed by atoms with Crippen LogP contribution in [0.1, 0.15) is 0 Å². The first-order valence-corrected chi connectivity index (χ1v) is 2.75. The van der Waals surface area contributed by atoms with Gasteiger partial charge in [0.2, 0.25) is 0 Å². The van der Waals surface area contributed by atoms with E-state index >= 15 is 0 Å². The SMILES string of the molecule is O=C(O)C1=NNC(C(=O)O)=NN1.[K+]. The molecule has 0 bridgehead atoms. The number of nitrogens with zero attached hydrogens (tertiary/aromatic N) is 2. The van der Waals surface area contributed by atoms with E-state index in [0.29, 0.717) is 0 Å². The average Bonchev–Trinajstić information content (AvgIpc) is 2.04. The Balaban J connectivity index is 0.00000144. The summed E-state index contributed by atoms with van der Waals surface area (Å²) in [5, 5.41) is 23.0. The fourth-order valence-electron chi connectivity index (χ4n) is 0.459. The smallest absolute Gasteiger partial charge is 0.475 e. The molecule has 0 unspecified atom stereocenters. The van der Waals surface area contributed by atoms with Gasteiger partial charge in [-0.15, -0.1) is 10.2 Å². The van der Waals surface area contributed by atoms with Crippen LogP contribution in [0.15, 0.2) is 10.2 Å². The predicted octanol–water partition coefficient (Wildman–Crippen LogP) is -5.02. The van der Waals surface area contributed by atoms with Gasteiger partial charge >= 0.3 is 63.3 Å². The van der Waals surface area contributed by atoms with Crippen molar-refractivity contribution < 1.29 is 71.2 Å². The van der Waals surface area contributed by atoms with Crippen LogP contribution < -0.4 is 62.2 Å². The Hall–Kier alpha value is -0.484. The molecule has 8 nitrogen and oxygen atoms in total. The van der Waals surface area contributed by atoms with Crippen LogP contribution in [0.4, 0.5) is 0 Å². The van der Waals surface area contributed by atoms with Gasteiger partial charge in [0.25, 0.3) is 11.7 Å². The molecule has 0 aromatic heterocycles. The Morgan fingerprint density at radius 3 is 1.46 bits per heavy atom. The van der Waals surface area contributed by atoms with Crippen molar-refractivity contribution in [3.8, 4) is 0 Å². The van der Waals surface area contributed by atoms with Crippen molar-refractivity contribution >= 4 is 23.6 Å². The zero-order chi connectivity index (χ0) is 9.14. The molecule has 0 spiro atoms. The standard InChI is InChI=1S/C4H4N4O4.K/c9-3(10)1-5-7-2(4(11)12)8-6-1;/h(H,5,6)(H,7,8)(H,9,10)(H,11,12);/q;+1. The van der Waals surface area contributed by atoms with Crippen molar-refractivity contribution in [1.82, 2.24) is 10.9 Å². The molecular formula is C4H4KN4O4+. The van der Waals surface area contributed by atoms with Crippen LogP contribution >= 0.6 is 0 Å². The van der Waals surface area contributed by atoms with E-state index in [1.807, 2.05) is 10.9 Å². The summed E-state index contributed by atoms with van der Waals surface area (Å²) in [6.07, 6.45) is 0. The zero-order valence-corrected chi connectivity index (χ0v) is 9.73. The number of amidine groups is 2. The fraction of sp³-hybridized carbons (Fsp3) is 0. The second-order valence-electron chi connectivity index (χ2n) is 1.75. The summed E-state index contributed by atoms with van der Waals surface area (Å²) in [4.78, 5) is 20.4. The first kappa shape index (κ1) is 12.5. The van der Waals surface area contributed by atoms with Crippen molar-refractivity contribution in [2.24, 2.45) is 10.2 Å². The Morgan fingerprint density at radius 2 is 1.31 bits per heavy atom. The van der Waals surface area contributed by atoms with Crippen LogP contribution in [-0.2, 0) is 9.59 Å². The molecule has 0 amide bonds. The largest absolute Gasteiger partial charge is 1.00 e. The summed E-state index contributed by atoms with van der Waals surface area (Å²) < 4.78 is 0. The minimum Gasteiger partial charge on any atom is -0.475 e. The topological polar surface area (TPSA) is 123 Å². The molecule has 0 saturated heterocycles. The van der Waals surface area contributed by atoms with Gasteiger partial charge in [-0.3, -0.25) is 10.9 Å². The molecule has 0 aromatic rings. The number of hydrazone groups is 2. The van der Waals surface area contributed by atoms with Gasteiger partial charge < -0.3 is 10.2 Å². The molecule has 1 aliphatic rings. The summed E-state index contributed by atoms with van der Waals surface area (Å²) in [5.41, 5.74) is 3.89. The van der Waals surface area contributed by atoms with E-state index in [0.717, 1.165) is 0 Å². The van der Waals surface area contributed by atoms with E-state index in [4.69, 9.17) is 10.2 Å². The number of carboxylic acids is 2. The van der Waals surface area contributed by atoms with Crippen molar-refractivity contribution in [3.05, 3.63) is 0 Å². The maximum Gasteiger partial charge on any atom is 1.00 e. The molecule has 0 saturated carbocycles. The quantitative estimate of drug-likeness (QED) is 0.339. The molecule has 4 N–H and O–H groups in total. The summed E-state index contributed by atoms with van der Waals surface area (Å²) in [5.74, 6) is -3.56. The molecular weight excluding hydrogens is 207 g/mol. The number of carbonyl (C=O) groups is 2. The Kier molecular flexibility index (Phi) is 5.09. The average molecular weight is 211 g/mol. The first-order chi connectivity index (χ1) is 5.61. The van der Waals surface area contributed by atoms with Crippen LogP contribution in [0, 0.1) is 0 Å². The molecule has 1 aliphatic heterocycles. The summed E-state index contributed by atoms with van der Waals surface area (Å²) in [6, 6.07) is 0. The van der Waals surface area contributed by atoms with Gasteiger partial charge in [-0.2, -0.15) is 0 Å². The van der Waals surface area contributed by atoms with E-state index in [1.54, 1.807) is 0 Å². The maximum absolute atomic E-state index is 10.2. The number of carboxylic acid groups (broad SMARTS) is 2. The normalized spacial score (nSPS) is 13.8. The van der Waals surface area contributed by atoms with E-state index in [-0.39, 0.29) is 51.4 Å². The second kappa shape index (κ2) is 5.29. The second-order valence-corrected chi connectivity index (χ2v) is 1.75. The minimum absolute atomic E-state index is 0. The van der Waals surface area contributed by atoms with E-state index < -0.39 is 23.6 Å².